The molecule has 0 aliphatic carbocycles. The molecule has 0 bridgehead atoms. The molecule has 1 aromatic heterocycles. The lowest BCUT2D eigenvalue weighted by Gasteiger charge is -2.21. The Labute approximate surface area is 185 Å². The van der Waals surface area contributed by atoms with Gasteiger partial charge in [0, 0.05) is 5.75 Å². The number of para-hydroxylation sites is 1. The summed E-state index contributed by atoms with van der Waals surface area (Å²) in [5.74, 6) is 0.419. The summed E-state index contributed by atoms with van der Waals surface area (Å²) < 4.78 is 7.84. The van der Waals surface area contributed by atoms with Crippen LogP contribution in [-0.4, -0.2) is 43.8 Å². The lowest BCUT2D eigenvalue weighted by molar-refractivity contribution is 0.0155. The van der Waals surface area contributed by atoms with Crippen molar-refractivity contribution in [1.29, 1.82) is 0 Å². The minimum Gasteiger partial charge on any atom is -0.390 e. The molecule has 158 valence electrons. The fourth-order valence-electron chi connectivity index (χ4n) is 3.18. The van der Waals surface area contributed by atoms with Crippen molar-refractivity contribution >= 4 is 11.8 Å². The lowest BCUT2D eigenvalue weighted by Crippen LogP contribution is -2.21. The molecule has 0 unspecified atom stereocenters. The van der Waals surface area contributed by atoms with E-state index in [1.165, 1.54) is 17.3 Å². The van der Waals surface area contributed by atoms with E-state index in [0.29, 0.717) is 10.9 Å². The van der Waals surface area contributed by atoms with E-state index in [0.717, 1.165) is 16.8 Å². The van der Waals surface area contributed by atoms with E-state index in [-0.39, 0.29) is 12.7 Å². The van der Waals surface area contributed by atoms with Crippen molar-refractivity contribution in [2.75, 3.05) is 12.4 Å². The van der Waals surface area contributed by atoms with Gasteiger partial charge in [0.05, 0.1) is 18.4 Å². The molecule has 2 atom stereocenters. The first kappa shape index (κ1) is 21.2. The summed E-state index contributed by atoms with van der Waals surface area (Å²) >= 11 is 1.40. The van der Waals surface area contributed by atoms with Gasteiger partial charge in [-0.15, -0.1) is 5.10 Å². The van der Waals surface area contributed by atoms with Crippen LogP contribution in [0.4, 0.5) is 0 Å². The van der Waals surface area contributed by atoms with Crippen LogP contribution >= 0.6 is 11.8 Å². The zero-order valence-corrected chi connectivity index (χ0v) is 18.0. The summed E-state index contributed by atoms with van der Waals surface area (Å²) in [7, 11) is 0. The van der Waals surface area contributed by atoms with Gasteiger partial charge < -0.3 is 9.84 Å². The van der Waals surface area contributed by atoms with Gasteiger partial charge in [0.25, 0.3) is 0 Å². The van der Waals surface area contributed by atoms with Gasteiger partial charge in [-0.2, -0.15) is 4.68 Å². The highest BCUT2D eigenvalue weighted by Crippen LogP contribution is 2.27. The van der Waals surface area contributed by atoms with E-state index in [9.17, 15) is 5.11 Å². The van der Waals surface area contributed by atoms with Crippen LogP contribution in [0.5, 0.6) is 0 Å². The Balaban J connectivity index is 1.39. The zero-order chi connectivity index (χ0) is 21.5. The highest BCUT2D eigenvalue weighted by atomic mass is 32.2. The molecular formula is C24H24N4O2S. The third kappa shape index (κ3) is 5.58. The quantitative estimate of drug-likeness (QED) is 0.399. The maximum absolute atomic E-state index is 10.6. The molecule has 31 heavy (non-hydrogen) atoms. The summed E-state index contributed by atoms with van der Waals surface area (Å²) in [5, 5.41) is 23.1. The van der Waals surface area contributed by atoms with Crippen LogP contribution in [-0.2, 0) is 4.74 Å². The lowest BCUT2D eigenvalue weighted by atomic mass is 10.0. The average Bonchev–Trinajstić information content (AvgIpc) is 3.29. The smallest absolute Gasteiger partial charge is 0.214 e. The monoisotopic (exact) mass is 432 g/mol. The van der Waals surface area contributed by atoms with Crippen molar-refractivity contribution in [3.63, 3.8) is 0 Å². The van der Waals surface area contributed by atoms with Crippen molar-refractivity contribution in [3.05, 3.63) is 102 Å². The van der Waals surface area contributed by atoms with Crippen LogP contribution in [0.25, 0.3) is 5.69 Å². The highest BCUT2D eigenvalue weighted by molar-refractivity contribution is 7.99. The van der Waals surface area contributed by atoms with Crippen LogP contribution in [0.2, 0.25) is 0 Å². The molecule has 6 nitrogen and oxygen atoms in total. The standard InChI is InChI=1S/C24H24N4O2S/c1-18-12-14-20(15-13-18)23(19-8-4-2-5-9-19)30-16-22(29)17-31-24-25-26-27-28(24)21-10-6-3-7-11-21/h2-15,22-23,29H,16-17H2,1H3/t22-,23-/m1/s1. The first-order valence-corrected chi connectivity index (χ1v) is 11.1. The van der Waals surface area contributed by atoms with Gasteiger partial charge in [0.15, 0.2) is 0 Å². The van der Waals surface area contributed by atoms with E-state index in [4.69, 9.17) is 4.74 Å². The van der Waals surface area contributed by atoms with Crippen molar-refractivity contribution in [2.45, 2.75) is 24.3 Å². The number of aryl methyl sites for hydroxylation is 1. The molecule has 4 rings (SSSR count). The zero-order valence-electron chi connectivity index (χ0n) is 17.2. The Hall–Kier alpha value is -3.00. The molecule has 1 heterocycles. The summed E-state index contributed by atoms with van der Waals surface area (Å²) in [6.07, 6.45) is -0.904. The fourth-order valence-corrected chi connectivity index (χ4v) is 3.98. The molecule has 0 spiro atoms. The summed E-state index contributed by atoms with van der Waals surface area (Å²) in [5.41, 5.74) is 4.19. The van der Waals surface area contributed by atoms with Crippen molar-refractivity contribution in [1.82, 2.24) is 20.2 Å². The maximum Gasteiger partial charge on any atom is 0.214 e. The van der Waals surface area contributed by atoms with E-state index in [1.54, 1.807) is 4.68 Å². The number of tetrazole rings is 1. The largest absolute Gasteiger partial charge is 0.390 e. The number of hydrogen-bond donors (Lipinski definition) is 1. The van der Waals surface area contributed by atoms with Crippen molar-refractivity contribution in [2.24, 2.45) is 0 Å². The number of hydrogen-bond acceptors (Lipinski definition) is 6. The Morgan fingerprint density at radius 3 is 2.26 bits per heavy atom. The molecule has 0 radical (unpaired) electrons. The first-order valence-electron chi connectivity index (χ1n) is 10.1. The minimum absolute atomic E-state index is 0.202. The van der Waals surface area contributed by atoms with Gasteiger partial charge in [-0.1, -0.05) is 90.1 Å². The Bertz CT molecular complexity index is 1070. The number of ether oxygens (including phenoxy) is 1. The Morgan fingerprint density at radius 2 is 1.55 bits per heavy atom. The molecule has 3 aromatic carbocycles. The SMILES string of the molecule is Cc1ccc([C@H](OC[C@@H](O)CSc2nnnn2-c2ccccc2)c2ccccc2)cc1. The van der Waals surface area contributed by atoms with Gasteiger partial charge in [-0.25, -0.2) is 0 Å². The molecule has 7 heteroatoms. The second-order valence-electron chi connectivity index (χ2n) is 7.21. The number of nitrogens with zero attached hydrogens (tertiary/aromatic N) is 4. The molecular weight excluding hydrogens is 408 g/mol. The Morgan fingerprint density at radius 1 is 0.903 bits per heavy atom. The van der Waals surface area contributed by atoms with Crippen LogP contribution < -0.4 is 0 Å². The fraction of sp³-hybridized carbons (Fsp3) is 0.208. The normalized spacial score (nSPS) is 13.1. The third-order valence-corrected chi connectivity index (χ3v) is 5.85. The number of benzene rings is 3. The number of aliphatic hydroxyl groups is 1. The van der Waals surface area contributed by atoms with Crippen LogP contribution in [0.15, 0.2) is 90.1 Å². The van der Waals surface area contributed by atoms with E-state index < -0.39 is 6.10 Å². The van der Waals surface area contributed by atoms with Crippen LogP contribution in [0, 0.1) is 6.92 Å². The Kier molecular flexibility index (Phi) is 7.09. The van der Waals surface area contributed by atoms with E-state index in [2.05, 4.69) is 46.7 Å². The molecule has 0 saturated heterocycles. The summed E-state index contributed by atoms with van der Waals surface area (Å²) in [6.45, 7) is 2.26. The minimum atomic E-state index is -0.664. The highest BCUT2D eigenvalue weighted by Gasteiger charge is 2.18. The van der Waals surface area contributed by atoms with Crippen LogP contribution in [0.1, 0.15) is 22.8 Å². The molecule has 4 aromatic rings. The number of thioether (sulfide) groups is 1. The maximum atomic E-state index is 10.6. The topological polar surface area (TPSA) is 73.1 Å². The van der Waals surface area contributed by atoms with Gasteiger partial charge in [0.2, 0.25) is 5.16 Å². The molecule has 0 fully saturated rings. The van der Waals surface area contributed by atoms with Crippen LogP contribution in [0.3, 0.4) is 0 Å². The molecule has 0 aliphatic heterocycles. The molecule has 1 N–H and O–H groups in total. The second kappa shape index (κ2) is 10.3. The molecule has 0 saturated carbocycles. The second-order valence-corrected chi connectivity index (χ2v) is 8.20. The third-order valence-electron chi connectivity index (χ3n) is 4.78. The molecule has 0 amide bonds. The van der Waals surface area contributed by atoms with E-state index in [1.807, 2.05) is 60.7 Å². The number of aromatic nitrogens is 4. The van der Waals surface area contributed by atoms with E-state index >= 15 is 0 Å². The predicted octanol–water partition coefficient (Wildman–Crippen LogP) is 4.23. The van der Waals surface area contributed by atoms with Crippen molar-refractivity contribution in [3.8, 4) is 5.69 Å². The first-order chi connectivity index (χ1) is 15.2. The van der Waals surface area contributed by atoms with Gasteiger partial charge >= 0.3 is 0 Å². The molecule has 0 aliphatic rings. The van der Waals surface area contributed by atoms with Gasteiger partial charge in [0.1, 0.15) is 6.10 Å². The average molecular weight is 433 g/mol. The number of rotatable bonds is 9. The summed E-state index contributed by atoms with van der Waals surface area (Å²) in [4.78, 5) is 0. The predicted molar refractivity (Wildman–Crippen MR) is 121 cm³/mol. The van der Waals surface area contributed by atoms with Gasteiger partial charge in [-0.3, -0.25) is 0 Å². The number of aliphatic hydroxyl groups excluding tert-OH is 1. The van der Waals surface area contributed by atoms with Crippen molar-refractivity contribution < 1.29 is 9.84 Å². The summed E-state index contributed by atoms with van der Waals surface area (Å²) in [6, 6.07) is 28.0. The van der Waals surface area contributed by atoms with Gasteiger partial charge in [-0.05, 0) is 40.6 Å².